The molecule has 0 spiro atoms. The summed E-state index contributed by atoms with van der Waals surface area (Å²) in [7, 11) is 0. The molecule has 3 rings (SSSR count). The number of nitrogens with one attached hydrogen (secondary N) is 4. The number of H-pyrrole nitrogens is 1. The predicted molar refractivity (Wildman–Crippen MR) is 114 cm³/mol. The standard InChI is InChI=1S/C21H32N4OS/c1-4-5-10-22-21(26)25-27-16-7-9-20-18(12-16)17-11-15(13-23-14(2)3)6-8-19(17)24-20/h7,9,12,14-15,23-24H,4-6,8,10-11,13H2,1-3H3,(H2,22,25,26). The largest absolute Gasteiger partial charge is 0.358 e. The molecular formula is C21H32N4OS. The molecule has 1 atom stereocenters. The lowest BCUT2D eigenvalue weighted by molar-refractivity contribution is 0.246. The van der Waals surface area contributed by atoms with Crippen molar-refractivity contribution in [3.63, 3.8) is 0 Å². The Labute approximate surface area is 166 Å². The van der Waals surface area contributed by atoms with Crippen LogP contribution in [0.2, 0.25) is 0 Å². The zero-order valence-corrected chi connectivity index (χ0v) is 17.5. The maximum atomic E-state index is 11.9. The Bertz CT molecular complexity index is 771. The summed E-state index contributed by atoms with van der Waals surface area (Å²) < 4.78 is 2.88. The fourth-order valence-electron chi connectivity index (χ4n) is 3.63. The van der Waals surface area contributed by atoms with Crippen LogP contribution < -0.4 is 15.4 Å². The number of aromatic amines is 1. The molecule has 0 saturated carbocycles. The summed E-state index contributed by atoms with van der Waals surface area (Å²) in [4.78, 5) is 16.5. The molecule has 27 heavy (non-hydrogen) atoms. The van der Waals surface area contributed by atoms with E-state index < -0.39 is 0 Å². The van der Waals surface area contributed by atoms with Crippen molar-refractivity contribution < 1.29 is 4.79 Å². The van der Waals surface area contributed by atoms with Gasteiger partial charge in [-0.15, -0.1) is 0 Å². The molecule has 2 aromatic rings. The van der Waals surface area contributed by atoms with Gasteiger partial charge in [-0.25, -0.2) is 4.79 Å². The van der Waals surface area contributed by atoms with Gasteiger partial charge in [0, 0.05) is 34.1 Å². The zero-order chi connectivity index (χ0) is 19.2. The highest BCUT2D eigenvalue weighted by Gasteiger charge is 2.22. The summed E-state index contributed by atoms with van der Waals surface area (Å²) in [5, 5.41) is 7.77. The van der Waals surface area contributed by atoms with E-state index in [0.29, 0.717) is 12.0 Å². The highest BCUT2D eigenvalue weighted by atomic mass is 32.2. The van der Waals surface area contributed by atoms with Crippen molar-refractivity contribution in [3.05, 3.63) is 29.5 Å². The van der Waals surface area contributed by atoms with Crippen LogP contribution in [0.25, 0.3) is 10.9 Å². The van der Waals surface area contributed by atoms with Gasteiger partial charge in [-0.1, -0.05) is 27.2 Å². The van der Waals surface area contributed by atoms with Gasteiger partial charge in [-0.3, -0.25) is 4.72 Å². The van der Waals surface area contributed by atoms with Gasteiger partial charge in [-0.2, -0.15) is 0 Å². The minimum atomic E-state index is -0.121. The van der Waals surface area contributed by atoms with E-state index in [1.54, 1.807) is 0 Å². The number of unbranched alkanes of at least 4 members (excludes halogenated alkanes) is 1. The van der Waals surface area contributed by atoms with Crippen molar-refractivity contribution >= 4 is 28.9 Å². The number of hydrogen-bond acceptors (Lipinski definition) is 3. The van der Waals surface area contributed by atoms with E-state index in [1.807, 2.05) is 0 Å². The van der Waals surface area contributed by atoms with Crippen LogP contribution >= 0.6 is 11.9 Å². The van der Waals surface area contributed by atoms with Gasteiger partial charge in [0.15, 0.2) is 0 Å². The zero-order valence-electron chi connectivity index (χ0n) is 16.7. The summed E-state index contributed by atoms with van der Waals surface area (Å²) in [5.74, 6) is 0.692. The van der Waals surface area contributed by atoms with E-state index in [-0.39, 0.29) is 6.03 Å². The van der Waals surface area contributed by atoms with Gasteiger partial charge < -0.3 is 15.6 Å². The molecule has 1 aliphatic carbocycles. The fourth-order valence-corrected chi connectivity index (χ4v) is 4.22. The van der Waals surface area contributed by atoms with Crippen LogP contribution in [-0.4, -0.2) is 30.1 Å². The van der Waals surface area contributed by atoms with Crippen molar-refractivity contribution in [3.8, 4) is 0 Å². The Balaban J connectivity index is 1.65. The molecule has 0 aliphatic heterocycles. The molecule has 5 nitrogen and oxygen atoms in total. The smallest absolute Gasteiger partial charge is 0.325 e. The first-order valence-corrected chi connectivity index (χ1v) is 11.0. The van der Waals surface area contributed by atoms with Crippen LogP contribution in [0.3, 0.4) is 0 Å². The Kier molecular flexibility index (Phi) is 7.07. The average molecular weight is 389 g/mol. The Morgan fingerprint density at radius 2 is 2.22 bits per heavy atom. The van der Waals surface area contributed by atoms with Gasteiger partial charge in [0.25, 0.3) is 0 Å². The first-order valence-electron chi connectivity index (χ1n) is 10.1. The lowest BCUT2D eigenvalue weighted by atomic mass is 9.86. The third-order valence-corrected chi connectivity index (χ3v) is 5.93. The summed E-state index contributed by atoms with van der Waals surface area (Å²) >= 11 is 1.38. The number of rotatable bonds is 8. The van der Waals surface area contributed by atoms with Gasteiger partial charge >= 0.3 is 6.03 Å². The number of hydrogen-bond donors (Lipinski definition) is 4. The lowest BCUT2D eigenvalue weighted by Gasteiger charge is -2.24. The maximum Gasteiger partial charge on any atom is 0.325 e. The first-order chi connectivity index (χ1) is 13.1. The average Bonchev–Trinajstić information content (AvgIpc) is 3.02. The fraction of sp³-hybridized carbons (Fsp3) is 0.571. The number of aryl methyl sites for hydroxylation is 1. The SMILES string of the molecule is CCCCNC(=O)NSc1ccc2[nH]c3c(c2c1)CC(CNC(C)C)CC3. The van der Waals surface area contributed by atoms with E-state index in [1.165, 1.54) is 40.5 Å². The molecule has 0 bridgehead atoms. The first kappa shape index (κ1) is 20.1. The van der Waals surface area contributed by atoms with Crippen LogP contribution in [0.1, 0.15) is 51.3 Å². The second-order valence-electron chi connectivity index (χ2n) is 7.77. The van der Waals surface area contributed by atoms with Crippen LogP contribution in [0.15, 0.2) is 23.1 Å². The van der Waals surface area contributed by atoms with Crippen molar-refractivity contribution in [2.24, 2.45) is 5.92 Å². The van der Waals surface area contributed by atoms with Gasteiger partial charge in [0.2, 0.25) is 0 Å². The van der Waals surface area contributed by atoms with Crippen LogP contribution in [0.5, 0.6) is 0 Å². The van der Waals surface area contributed by atoms with E-state index in [2.05, 4.69) is 59.3 Å². The minimum Gasteiger partial charge on any atom is -0.358 e. The van der Waals surface area contributed by atoms with Gasteiger partial charge in [0.05, 0.1) is 0 Å². The second-order valence-corrected chi connectivity index (χ2v) is 8.65. The van der Waals surface area contributed by atoms with Crippen LogP contribution in [-0.2, 0) is 12.8 Å². The molecule has 1 aliphatic rings. The number of carbonyl (C=O) groups is 1. The molecular weight excluding hydrogens is 356 g/mol. The molecule has 148 valence electrons. The van der Waals surface area contributed by atoms with Crippen molar-refractivity contribution in [1.82, 2.24) is 20.3 Å². The summed E-state index contributed by atoms with van der Waals surface area (Å²) in [6.45, 7) is 8.32. The number of urea groups is 1. The number of benzene rings is 1. The van der Waals surface area contributed by atoms with E-state index in [4.69, 9.17) is 0 Å². The molecule has 0 fully saturated rings. The summed E-state index contributed by atoms with van der Waals surface area (Å²) in [6.07, 6.45) is 5.56. The van der Waals surface area contributed by atoms with Crippen LogP contribution in [0.4, 0.5) is 4.79 Å². The molecule has 0 saturated heterocycles. The molecule has 4 N–H and O–H groups in total. The highest BCUT2D eigenvalue weighted by Crippen LogP contribution is 2.33. The van der Waals surface area contributed by atoms with Crippen molar-refractivity contribution in [2.45, 2.75) is 63.8 Å². The van der Waals surface area contributed by atoms with E-state index in [9.17, 15) is 4.79 Å². The number of aromatic nitrogens is 1. The Hall–Kier alpha value is -1.66. The predicted octanol–water partition coefficient (Wildman–Crippen LogP) is 4.38. The summed E-state index contributed by atoms with van der Waals surface area (Å²) in [6, 6.07) is 6.82. The summed E-state index contributed by atoms with van der Waals surface area (Å²) in [5.41, 5.74) is 4.05. The van der Waals surface area contributed by atoms with Gasteiger partial charge in [0.1, 0.15) is 0 Å². The third-order valence-electron chi connectivity index (χ3n) is 5.15. The van der Waals surface area contributed by atoms with E-state index >= 15 is 0 Å². The lowest BCUT2D eigenvalue weighted by Crippen LogP contribution is -2.31. The molecule has 6 heteroatoms. The monoisotopic (exact) mass is 388 g/mol. The van der Waals surface area contributed by atoms with Crippen LogP contribution in [0, 0.1) is 5.92 Å². The number of fused-ring (bicyclic) bond motifs is 3. The second kappa shape index (κ2) is 9.51. The minimum absolute atomic E-state index is 0.121. The van der Waals surface area contributed by atoms with Crippen molar-refractivity contribution in [2.75, 3.05) is 13.1 Å². The molecule has 1 unspecified atom stereocenters. The van der Waals surface area contributed by atoms with Gasteiger partial charge in [-0.05, 0) is 73.9 Å². The van der Waals surface area contributed by atoms with Crippen molar-refractivity contribution in [1.29, 1.82) is 0 Å². The van der Waals surface area contributed by atoms with E-state index in [0.717, 1.165) is 43.7 Å². The number of amides is 2. The molecule has 1 aromatic heterocycles. The topological polar surface area (TPSA) is 69.0 Å². The maximum absolute atomic E-state index is 11.9. The number of carbonyl (C=O) groups excluding carboxylic acids is 1. The quantitative estimate of drug-likeness (QED) is 0.401. The molecule has 2 amide bonds. The molecule has 1 aromatic carbocycles. The Morgan fingerprint density at radius 3 is 3.00 bits per heavy atom. The molecule has 1 heterocycles. The Morgan fingerprint density at radius 1 is 1.37 bits per heavy atom. The normalized spacial score (nSPS) is 16.5. The molecule has 0 radical (unpaired) electrons. The highest BCUT2D eigenvalue weighted by molar-refractivity contribution is 7.98. The third kappa shape index (κ3) is 5.42.